The molecule has 0 aliphatic carbocycles. The number of nitrogens with zero attached hydrogens (tertiary/aromatic N) is 4. The van der Waals surface area contributed by atoms with Crippen molar-refractivity contribution >= 4 is 35.1 Å². The van der Waals surface area contributed by atoms with Crippen LogP contribution >= 0.6 is 11.6 Å². The van der Waals surface area contributed by atoms with E-state index in [-0.39, 0.29) is 24.1 Å². The lowest BCUT2D eigenvalue weighted by molar-refractivity contribution is 0.0476. The molecule has 10 nitrogen and oxygen atoms in total. The van der Waals surface area contributed by atoms with Crippen LogP contribution in [0.1, 0.15) is 71.0 Å². The van der Waals surface area contributed by atoms with Gasteiger partial charge in [0.25, 0.3) is 0 Å². The number of fused-ring (bicyclic) bond motifs is 1. The van der Waals surface area contributed by atoms with Crippen molar-refractivity contribution in [2.24, 2.45) is 0 Å². The Bertz CT molecular complexity index is 1330. The number of aromatic nitrogens is 3. The van der Waals surface area contributed by atoms with E-state index in [0.717, 1.165) is 5.56 Å². The summed E-state index contributed by atoms with van der Waals surface area (Å²) in [6.45, 7) is 15.5. The van der Waals surface area contributed by atoms with Gasteiger partial charge in [-0.25, -0.2) is 18.5 Å². The number of hydrogen-bond donors (Lipinski definition) is 1. The van der Waals surface area contributed by atoms with Gasteiger partial charge in [-0.1, -0.05) is 0 Å². The van der Waals surface area contributed by atoms with Crippen molar-refractivity contribution < 1.29 is 27.9 Å². The molecule has 214 valence electrons. The highest BCUT2D eigenvalue weighted by Gasteiger charge is 2.31. The number of carbonyl (C=O) groups is 2. The van der Waals surface area contributed by atoms with Crippen LogP contribution in [0.25, 0.3) is 5.52 Å². The number of aryl methyl sites for hydroxylation is 2. The average Bonchev–Trinajstić information content (AvgIpc) is 3.36. The van der Waals surface area contributed by atoms with E-state index in [4.69, 9.17) is 25.5 Å². The number of carbonyl (C=O) groups excluding carboxylic acids is 2. The van der Waals surface area contributed by atoms with Gasteiger partial charge in [-0.05, 0) is 104 Å². The third kappa shape index (κ3) is 7.62. The molecule has 0 saturated carbocycles. The van der Waals surface area contributed by atoms with E-state index < -0.39 is 35.6 Å². The van der Waals surface area contributed by atoms with E-state index in [9.17, 15) is 14.0 Å². The topological polar surface area (TPSA) is 111 Å². The van der Waals surface area contributed by atoms with Crippen LogP contribution in [-0.4, -0.2) is 50.2 Å². The number of rotatable bonds is 7. The lowest BCUT2D eigenvalue weighted by Crippen LogP contribution is -2.44. The summed E-state index contributed by atoms with van der Waals surface area (Å²) < 4.78 is 32.8. The normalized spacial score (nSPS) is 13.7. The van der Waals surface area contributed by atoms with Crippen molar-refractivity contribution in [1.29, 1.82) is 0 Å². The Morgan fingerprint density at radius 3 is 2.36 bits per heavy atom. The zero-order valence-electron chi connectivity index (χ0n) is 23.9. The minimum Gasteiger partial charge on any atom is -0.467 e. The van der Waals surface area contributed by atoms with Crippen LogP contribution in [0.5, 0.6) is 0 Å². The Morgan fingerprint density at radius 2 is 1.82 bits per heavy atom. The summed E-state index contributed by atoms with van der Waals surface area (Å²) in [7, 11) is 0. The fraction of sp³-hybridized carbons (Fsp3) is 0.556. The zero-order valence-corrected chi connectivity index (χ0v) is 24.6. The average molecular weight is 566 g/mol. The van der Waals surface area contributed by atoms with Gasteiger partial charge in [-0.15, -0.1) is 5.10 Å². The van der Waals surface area contributed by atoms with Crippen LogP contribution < -0.4 is 10.2 Å². The van der Waals surface area contributed by atoms with E-state index >= 15 is 0 Å². The van der Waals surface area contributed by atoms with E-state index in [2.05, 4.69) is 15.4 Å². The number of hydrogen-bond acceptors (Lipinski definition) is 7. The molecule has 2 atom stereocenters. The predicted molar refractivity (Wildman–Crippen MR) is 146 cm³/mol. The maximum absolute atomic E-state index is 14.7. The van der Waals surface area contributed by atoms with Crippen molar-refractivity contribution in [2.75, 3.05) is 4.90 Å². The number of anilines is 1. The number of alkyl halides is 1. The third-order valence-corrected chi connectivity index (χ3v) is 5.97. The molecule has 0 aliphatic heterocycles. The highest BCUT2D eigenvalue weighted by atomic mass is 35.5. The highest BCUT2D eigenvalue weighted by Crippen LogP contribution is 2.33. The SMILES string of the molecule is Cc1c(C[C@@H](NC(=O)OC(C)(C)C)[C@H](C)F)c(C)n2nc(Cl)nc(N(Cc3ccco3)C(=O)OC(C)(C)C)c12. The number of alkyl carbamates (subject to hydrolysis) is 1. The van der Waals surface area contributed by atoms with Crippen LogP contribution in [0.4, 0.5) is 19.8 Å². The minimum absolute atomic E-state index is 0.0221. The van der Waals surface area contributed by atoms with Crippen molar-refractivity contribution in [1.82, 2.24) is 19.9 Å². The van der Waals surface area contributed by atoms with Crippen molar-refractivity contribution in [3.8, 4) is 0 Å². The number of amides is 2. The molecule has 3 aromatic rings. The van der Waals surface area contributed by atoms with Crippen LogP contribution in [0.3, 0.4) is 0 Å². The van der Waals surface area contributed by atoms with Crippen LogP contribution in [0.2, 0.25) is 5.28 Å². The molecule has 3 aromatic heterocycles. The molecule has 0 saturated heterocycles. The number of halogens is 2. The lowest BCUT2D eigenvalue weighted by Gasteiger charge is -2.27. The molecule has 12 heteroatoms. The molecule has 0 spiro atoms. The van der Waals surface area contributed by atoms with Crippen molar-refractivity contribution in [3.63, 3.8) is 0 Å². The molecule has 39 heavy (non-hydrogen) atoms. The second kappa shape index (κ2) is 11.4. The monoisotopic (exact) mass is 565 g/mol. The minimum atomic E-state index is -1.38. The Morgan fingerprint density at radius 1 is 1.18 bits per heavy atom. The van der Waals surface area contributed by atoms with E-state index in [1.807, 2.05) is 6.92 Å². The molecule has 0 radical (unpaired) electrons. The van der Waals surface area contributed by atoms with Crippen LogP contribution in [0.15, 0.2) is 22.8 Å². The summed E-state index contributed by atoms with van der Waals surface area (Å²) in [6.07, 6.45) is -1.11. The first kappa shape index (κ1) is 30.2. The Kier molecular flexibility index (Phi) is 8.84. The first-order valence-corrected chi connectivity index (χ1v) is 13.1. The molecule has 1 N–H and O–H groups in total. The summed E-state index contributed by atoms with van der Waals surface area (Å²) >= 11 is 6.33. The van der Waals surface area contributed by atoms with Gasteiger partial charge in [0.2, 0.25) is 5.28 Å². The van der Waals surface area contributed by atoms with Gasteiger partial charge in [0.1, 0.15) is 28.7 Å². The van der Waals surface area contributed by atoms with E-state index in [0.29, 0.717) is 22.5 Å². The first-order valence-electron chi connectivity index (χ1n) is 12.7. The molecule has 2 amide bonds. The van der Waals surface area contributed by atoms with Crippen LogP contribution in [0, 0.1) is 13.8 Å². The van der Waals surface area contributed by atoms with Crippen LogP contribution in [-0.2, 0) is 22.4 Å². The zero-order chi connectivity index (χ0) is 29.3. The maximum atomic E-state index is 14.7. The van der Waals surface area contributed by atoms with Gasteiger partial charge in [-0.3, -0.25) is 4.90 Å². The summed E-state index contributed by atoms with van der Waals surface area (Å²) in [4.78, 5) is 31.5. The second-order valence-electron chi connectivity index (χ2n) is 11.4. The van der Waals surface area contributed by atoms with E-state index in [1.165, 1.54) is 18.1 Å². The van der Waals surface area contributed by atoms with Gasteiger partial charge in [0.15, 0.2) is 5.82 Å². The summed E-state index contributed by atoms with van der Waals surface area (Å²) in [5.74, 6) is 0.709. The number of furan rings is 1. The smallest absolute Gasteiger partial charge is 0.416 e. The highest BCUT2D eigenvalue weighted by molar-refractivity contribution is 6.28. The predicted octanol–water partition coefficient (Wildman–Crippen LogP) is 6.33. The van der Waals surface area contributed by atoms with Gasteiger partial charge < -0.3 is 19.2 Å². The van der Waals surface area contributed by atoms with Gasteiger partial charge >= 0.3 is 12.2 Å². The molecule has 0 aliphatic rings. The molecule has 0 unspecified atom stereocenters. The number of ether oxygens (including phenoxy) is 2. The Labute approximate surface area is 232 Å². The number of nitrogens with one attached hydrogen (secondary N) is 1. The molecule has 3 heterocycles. The maximum Gasteiger partial charge on any atom is 0.416 e. The largest absolute Gasteiger partial charge is 0.467 e. The standard InChI is InChI=1S/C27H37ClFN5O5/c1-15-19(13-20(16(2)29)30-24(35)38-26(4,5)6)17(3)34-21(15)22(31-23(28)32-34)33(14-18-11-10-12-37-18)25(36)39-27(7,8)9/h10-12,16,20H,13-14H2,1-9H3,(H,30,35)/t16-,20+/m0/s1. The third-order valence-electron chi connectivity index (χ3n) is 5.81. The van der Waals surface area contributed by atoms with Gasteiger partial charge in [0.05, 0.1) is 18.8 Å². The summed E-state index contributed by atoms with van der Waals surface area (Å²) in [6, 6.07) is 2.56. The first-order chi connectivity index (χ1) is 18.0. The lowest BCUT2D eigenvalue weighted by atomic mass is 9.99. The van der Waals surface area contributed by atoms with Gasteiger partial charge in [0, 0.05) is 5.69 Å². The van der Waals surface area contributed by atoms with Gasteiger partial charge in [-0.2, -0.15) is 4.98 Å². The Balaban J connectivity index is 2.10. The second-order valence-corrected chi connectivity index (χ2v) is 11.8. The van der Waals surface area contributed by atoms with Crippen molar-refractivity contribution in [3.05, 3.63) is 46.3 Å². The molecular formula is C27H37ClFN5O5. The Hall–Kier alpha value is -3.34. The fourth-order valence-corrected chi connectivity index (χ4v) is 4.25. The quantitative estimate of drug-likeness (QED) is 0.356. The summed E-state index contributed by atoms with van der Waals surface area (Å²) in [5.41, 5.74) is 1.07. The van der Waals surface area contributed by atoms with E-state index in [1.54, 1.807) is 65.1 Å². The molecule has 3 rings (SSSR count). The molecular weight excluding hydrogens is 529 g/mol. The van der Waals surface area contributed by atoms with Crippen molar-refractivity contribution in [2.45, 2.75) is 98.7 Å². The molecule has 0 fully saturated rings. The summed E-state index contributed by atoms with van der Waals surface area (Å²) in [5, 5.41) is 6.89. The molecule has 0 aromatic carbocycles. The fourth-order valence-electron chi connectivity index (χ4n) is 4.10. The molecule has 0 bridgehead atoms.